The van der Waals surface area contributed by atoms with Crippen molar-refractivity contribution in [2.24, 2.45) is 0 Å². The van der Waals surface area contributed by atoms with Crippen LogP contribution in [-0.2, 0) is 0 Å². The SMILES string of the molecule is CCCNCCNC(=O)c1cccc2[nH]ccc12. The zero-order valence-corrected chi connectivity index (χ0v) is 10.6. The van der Waals surface area contributed by atoms with Crippen LogP contribution in [0.5, 0.6) is 0 Å². The minimum Gasteiger partial charge on any atom is -0.361 e. The first-order valence-corrected chi connectivity index (χ1v) is 6.38. The van der Waals surface area contributed by atoms with E-state index in [1.165, 1.54) is 0 Å². The van der Waals surface area contributed by atoms with Crippen LogP contribution in [0.4, 0.5) is 0 Å². The number of aromatic amines is 1. The van der Waals surface area contributed by atoms with Crippen molar-refractivity contribution in [2.75, 3.05) is 19.6 Å². The summed E-state index contributed by atoms with van der Waals surface area (Å²) in [6, 6.07) is 7.64. The average molecular weight is 245 g/mol. The molecule has 3 N–H and O–H groups in total. The van der Waals surface area contributed by atoms with E-state index >= 15 is 0 Å². The Labute approximate surface area is 107 Å². The molecular weight excluding hydrogens is 226 g/mol. The van der Waals surface area contributed by atoms with Crippen molar-refractivity contribution in [1.29, 1.82) is 0 Å². The summed E-state index contributed by atoms with van der Waals surface area (Å²) in [4.78, 5) is 15.1. The van der Waals surface area contributed by atoms with Gasteiger partial charge in [0, 0.05) is 35.8 Å². The zero-order valence-electron chi connectivity index (χ0n) is 10.6. The topological polar surface area (TPSA) is 56.9 Å². The molecule has 0 aliphatic rings. The standard InChI is InChI=1S/C14H19N3O/c1-2-7-15-9-10-17-14(18)12-4-3-5-13-11(12)6-8-16-13/h3-6,8,15-16H,2,7,9-10H2,1H3,(H,17,18). The zero-order chi connectivity index (χ0) is 12.8. The highest BCUT2D eigenvalue weighted by atomic mass is 16.1. The minimum atomic E-state index is -0.0153. The van der Waals surface area contributed by atoms with E-state index in [-0.39, 0.29) is 5.91 Å². The molecule has 0 aliphatic heterocycles. The molecular formula is C14H19N3O. The van der Waals surface area contributed by atoms with Gasteiger partial charge in [0.2, 0.25) is 0 Å². The van der Waals surface area contributed by atoms with Crippen molar-refractivity contribution in [2.45, 2.75) is 13.3 Å². The number of hydrogen-bond donors (Lipinski definition) is 3. The Morgan fingerprint density at radius 2 is 2.11 bits per heavy atom. The molecule has 0 bridgehead atoms. The molecule has 1 amide bonds. The van der Waals surface area contributed by atoms with Gasteiger partial charge in [-0.05, 0) is 31.2 Å². The largest absolute Gasteiger partial charge is 0.361 e. The van der Waals surface area contributed by atoms with Crippen LogP contribution < -0.4 is 10.6 Å². The van der Waals surface area contributed by atoms with Crippen LogP contribution in [0.15, 0.2) is 30.5 Å². The van der Waals surface area contributed by atoms with Crippen molar-refractivity contribution in [1.82, 2.24) is 15.6 Å². The fourth-order valence-electron chi connectivity index (χ4n) is 1.94. The van der Waals surface area contributed by atoms with Crippen molar-refractivity contribution in [3.8, 4) is 0 Å². The third-order valence-electron chi connectivity index (χ3n) is 2.85. The van der Waals surface area contributed by atoms with E-state index in [0.29, 0.717) is 6.54 Å². The van der Waals surface area contributed by atoms with Crippen LogP contribution in [0.3, 0.4) is 0 Å². The second kappa shape index (κ2) is 6.21. The summed E-state index contributed by atoms with van der Waals surface area (Å²) in [5, 5.41) is 7.15. The molecule has 4 heteroatoms. The van der Waals surface area contributed by atoms with Gasteiger partial charge in [0.1, 0.15) is 0 Å². The highest BCUT2D eigenvalue weighted by Gasteiger charge is 2.09. The van der Waals surface area contributed by atoms with Crippen molar-refractivity contribution < 1.29 is 4.79 Å². The average Bonchev–Trinajstić information content (AvgIpc) is 2.86. The van der Waals surface area contributed by atoms with E-state index in [1.807, 2.05) is 30.5 Å². The Balaban J connectivity index is 1.94. The molecule has 0 saturated carbocycles. The van der Waals surface area contributed by atoms with Gasteiger partial charge in [-0.2, -0.15) is 0 Å². The Kier molecular flexibility index (Phi) is 4.36. The van der Waals surface area contributed by atoms with Gasteiger partial charge in [-0.25, -0.2) is 0 Å². The van der Waals surface area contributed by atoms with E-state index in [0.717, 1.165) is 36.0 Å². The second-order valence-corrected chi connectivity index (χ2v) is 4.25. The number of nitrogens with one attached hydrogen (secondary N) is 3. The quantitative estimate of drug-likeness (QED) is 0.681. The van der Waals surface area contributed by atoms with Gasteiger partial charge in [0.25, 0.3) is 5.91 Å². The number of rotatable bonds is 6. The lowest BCUT2D eigenvalue weighted by molar-refractivity contribution is 0.0955. The van der Waals surface area contributed by atoms with Crippen molar-refractivity contribution >= 4 is 16.8 Å². The summed E-state index contributed by atoms with van der Waals surface area (Å²) in [7, 11) is 0. The summed E-state index contributed by atoms with van der Waals surface area (Å²) >= 11 is 0. The van der Waals surface area contributed by atoms with Crippen LogP contribution in [0.25, 0.3) is 10.9 Å². The fraction of sp³-hybridized carbons (Fsp3) is 0.357. The first-order valence-electron chi connectivity index (χ1n) is 6.38. The summed E-state index contributed by atoms with van der Waals surface area (Å²) < 4.78 is 0. The molecule has 0 saturated heterocycles. The van der Waals surface area contributed by atoms with E-state index in [4.69, 9.17) is 0 Å². The van der Waals surface area contributed by atoms with Gasteiger partial charge in [-0.1, -0.05) is 13.0 Å². The lowest BCUT2D eigenvalue weighted by Crippen LogP contribution is -2.32. The maximum atomic E-state index is 12.0. The summed E-state index contributed by atoms with van der Waals surface area (Å²) in [6.45, 7) is 4.57. The highest BCUT2D eigenvalue weighted by molar-refractivity contribution is 6.06. The predicted molar refractivity (Wildman–Crippen MR) is 73.8 cm³/mol. The van der Waals surface area contributed by atoms with Gasteiger partial charge in [0.15, 0.2) is 0 Å². The maximum Gasteiger partial charge on any atom is 0.252 e. The van der Waals surface area contributed by atoms with Gasteiger partial charge in [0.05, 0.1) is 0 Å². The minimum absolute atomic E-state index is 0.0153. The number of hydrogen-bond acceptors (Lipinski definition) is 2. The Bertz CT molecular complexity index is 518. The van der Waals surface area contributed by atoms with Gasteiger partial charge < -0.3 is 15.6 Å². The van der Waals surface area contributed by atoms with E-state index in [2.05, 4.69) is 22.5 Å². The van der Waals surface area contributed by atoms with Crippen molar-refractivity contribution in [3.05, 3.63) is 36.0 Å². The van der Waals surface area contributed by atoms with Crippen LogP contribution in [0.2, 0.25) is 0 Å². The molecule has 0 aliphatic carbocycles. The maximum absolute atomic E-state index is 12.0. The summed E-state index contributed by atoms with van der Waals surface area (Å²) in [5.74, 6) is -0.0153. The van der Waals surface area contributed by atoms with Gasteiger partial charge >= 0.3 is 0 Å². The molecule has 0 fully saturated rings. The van der Waals surface area contributed by atoms with Crippen LogP contribution in [0, 0.1) is 0 Å². The number of benzene rings is 1. The number of carbonyl (C=O) groups excluding carboxylic acids is 1. The normalized spacial score (nSPS) is 10.7. The predicted octanol–water partition coefficient (Wildman–Crippen LogP) is 1.90. The fourth-order valence-corrected chi connectivity index (χ4v) is 1.94. The molecule has 0 atom stereocenters. The van der Waals surface area contributed by atoms with Crippen LogP contribution in [0.1, 0.15) is 23.7 Å². The van der Waals surface area contributed by atoms with E-state index in [9.17, 15) is 4.79 Å². The van der Waals surface area contributed by atoms with Gasteiger partial charge in [-0.3, -0.25) is 4.79 Å². The summed E-state index contributed by atoms with van der Waals surface area (Å²) in [6.07, 6.45) is 2.96. The van der Waals surface area contributed by atoms with E-state index < -0.39 is 0 Å². The van der Waals surface area contributed by atoms with Gasteiger partial charge in [-0.15, -0.1) is 0 Å². The third-order valence-corrected chi connectivity index (χ3v) is 2.85. The third kappa shape index (κ3) is 2.90. The molecule has 18 heavy (non-hydrogen) atoms. The number of aromatic nitrogens is 1. The second-order valence-electron chi connectivity index (χ2n) is 4.25. The van der Waals surface area contributed by atoms with Crippen LogP contribution >= 0.6 is 0 Å². The summed E-state index contributed by atoms with van der Waals surface area (Å²) in [5.41, 5.74) is 1.72. The van der Waals surface area contributed by atoms with E-state index in [1.54, 1.807) is 0 Å². The molecule has 4 nitrogen and oxygen atoms in total. The molecule has 0 radical (unpaired) electrons. The molecule has 2 aromatic rings. The molecule has 2 rings (SSSR count). The molecule has 96 valence electrons. The Morgan fingerprint density at radius 3 is 2.94 bits per heavy atom. The first kappa shape index (κ1) is 12.6. The molecule has 0 unspecified atom stereocenters. The highest BCUT2D eigenvalue weighted by Crippen LogP contribution is 2.16. The number of H-pyrrole nitrogens is 1. The number of amides is 1. The van der Waals surface area contributed by atoms with Crippen molar-refractivity contribution in [3.63, 3.8) is 0 Å². The molecule has 1 aromatic heterocycles. The first-order chi connectivity index (χ1) is 8.83. The van der Waals surface area contributed by atoms with Crippen LogP contribution in [-0.4, -0.2) is 30.5 Å². The monoisotopic (exact) mass is 245 g/mol. The number of carbonyl (C=O) groups is 1. The lowest BCUT2D eigenvalue weighted by atomic mass is 10.1. The smallest absolute Gasteiger partial charge is 0.252 e. The lowest BCUT2D eigenvalue weighted by Gasteiger charge is -2.07. The molecule has 0 spiro atoms. The Hall–Kier alpha value is -1.81. The Morgan fingerprint density at radius 1 is 1.22 bits per heavy atom. The molecule has 1 heterocycles. The molecule has 1 aromatic carbocycles. The number of fused-ring (bicyclic) bond motifs is 1.